The van der Waals surface area contributed by atoms with Gasteiger partial charge in [0.05, 0.1) is 5.69 Å². The van der Waals surface area contributed by atoms with E-state index in [2.05, 4.69) is 10.3 Å². The Kier molecular flexibility index (Phi) is 5.51. The number of carbonyl (C=O) groups is 1. The van der Waals surface area contributed by atoms with Crippen LogP contribution in [0.2, 0.25) is 0 Å². The summed E-state index contributed by atoms with van der Waals surface area (Å²) in [6.07, 6.45) is 4.50. The average molecular weight is 296 g/mol. The van der Waals surface area contributed by atoms with E-state index in [9.17, 15) is 4.79 Å². The number of nitrogens with zero attached hydrogens (tertiary/aromatic N) is 2. The van der Waals surface area contributed by atoms with E-state index < -0.39 is 0 Å². The van der Waals surface area contributed by atoms with Gasteiger partial charge in [-0.25, -0.2) is 4.98 Å². The van der Waals surface area contributed by atoms with Crippen LogP contribution in [0.1, 0.15) is 45.2 Å². The molecule has 0 spiro atoms. The molecule has 1 aromatic heterocycles. The van der Waals surface area contributed by atoms with E-state index in [0.29, 0.717) is 18.6 Å². The number of hydrogen-bond donors (Lipinski definition) is 2. The number of carbonyl (C=O) groups excluding carboxylic acids is 1. The minimum Gasteiger partial charge on any atom is -0.328 e. The van der Waals surface area contributed by atoms with Crippen molar-refractivity contribution in [3.63, 3.8) is 0 Å². The van der Waals surface area contributed by atoms with Gasteiger partial charge >= 0.3 is 0 Å². The van der Waals surface area contributed by atoms with Gasteiger partial charge < -0.3 is 11.1 Å². The third-order valence-electron chi connectivity index (χ3n) is 3.81. The van der Waals surface area contributed by atoms with Crippen molar-refractivity contribution in [2.45, 2.75) is 58.2 Å². The van der Waals surface area contributed by atoms with Crippen molar-refractivity contribution in [1.29, 1.82) is 0 Å². The normalized spacial score (nSPS) is 22.8. The number of anilines is 1. The first-order valence-corrected chi connectivity index (χ1v) is 8.19. The van der Waals surface area contributed by atoms with E-state index in [4.69, 9.17) is 5.73 Å². The highest BCUT2D eigenvalue weighted by Crippen LogP contribution is 2.21. The lowest BCUT2D eigenvalue weighted by Gasteiger charge is -2.26. The fourth-order valence-corrected chi connectivity index (χ4v) is 3.50. The van der Waals surface area contributed by atoms with E-state index in [1.807, 2.05) is 12.3 Å². The Morgan fingerprint density at radius 3 is 2.80 bits per heavy atom. The van der Waals surface area contributed by atoms with Crippen LogP contribution in [-0.4, -0.2) is 29.5 Å². The number of nitrogens with one attached hydrogen (secondary N) is 1. The highest BCUT2D eigenvalue weighted by molar-refractivity contribution is 7.14. The minimum atomic E-state index is 0.0441. The summed E-state index contributed by atoms with van der Waals surface area (Å²) in [4.78, 5) is 17.7. The summed E-state index contributed by atoms with van der Waals surface area (Å²) in [6, 6.07) is 0.933. The quantitative estimate of drug-likeness (QED) is 0.870. The average Bonchev–Trinajstić information content (AvgIpc) is 2.87. The maximum absolute atomic E-state index is 11.5. The molecule has 2 rings (SSSR count). The zero-order valence-corrected chi connectivity index (χ0v) is 13.1. The van der Waals surface area contributed by atoms with Gasteiger partial charge in [-0.3, -0.25) is 9.69 Å². The van der Waals surface area contributed by atoms with E-state index in [-0.39, 0.29) is 5.91 Å². The van der Waals surface area contributed by atoms with Crippen LogP contribution >= 0.6 is 11.3 Å². The monoisotopic (exact) mass is 296 g/mol. The van der Waals surface area contributed by atoms with Gasteiger partial charge in [-0.1, -0.05) is 0 Å². The second kappa shape index (κ2) is 7.15. The van der Waals surface area contributed by atoms with Gasteiger partial charge in [0, 0.05) is 37.5 Å². The summed E-state index contributed by atoms with van der Waals surface area (Å²) in [7, 11) is 0. The van der Waals surface area contributed by atoms with Crippen molar-refractivity contribution < 1.29 is 4.79 Å². The predicted molar refractivity (Wildman–Crippen MR) is 82.9 cm³/mol. The van der Waals surface area contributed by atoms with Gasteiger partial charge in [0.15, 0.2) is 5.13 Å². The predicted octanol–water partition coefficient (Wildman–Crippen LogP) is 1.88. The van der Waals surface area contributed by atoms with Crippen LogP contribution in [0.15, 0.2) is 5.38 Å². The van der Waals surface area contributed by atoms with E-state index in [1.54, 1.807) is 11.8 Å². The highest BCUT2D eigenvalue weighted by Gasteiger charge is 2.18. The molecule has 0 saturated heterocycles. The van der Waals surface area contributed by atoms with Gasteiger partial charge in [0.2, 0.25) is 5.91 Å². The molecule has 1 heterocycles. The molecule has 1 aliphatic rings. The Hall–Kier alpha value is -0.980. The second-order valence-corrected chi connectivity index (χ2v) is 6.21. The molecule has 3 N–H and O–H groups in total. The maximum Gasteiger partial charge on any atom is 0.225 e. The molecular formula is C14H24N4OS. The molecular weight excluding hydrogens is 272 g/mol. The second-order valence-electron chi connectivity index (χ2n) is 5.38. The van der Waals surface area contributed by atoms with Crippen molar-refractivity contribution >= 4 is 22.4 Å². The van der Waals surface area contributed by atoms with Crippen LogP contribution in [0, 0.1) is 0 Å². The topological polar surface area (TPSA) is 71.2 Å². The van der Waals surface area contributed by atoms with Crippen LogP contribution in [0.3, 0.4) is 0 Å². The Morgan fingerprint density at radius 1 is 1.50 bits per heavy atom. The summed E-state index contributed by atoms with van der Waals surface area (Å²) in [5.41, 5.74) is 6.92. The third kappa shape index (κ3) is 4.01. The molecule has 1 fully saturated rings. The van der Waals surface area contributed by atoms with Crippen LogP contribution in [0.4, 0.5) is 5.13 Å². The lowest BCUT2D eigenvalue weighted by atomic mass is 9.92. The molecule has 6 heteroatoms. The molecule has 5 nitrogen and oxygen atoms in total. The first kappa shape index (κ1) is 15.4. The van der Waals surface area contributed by atoms with E-state index in [0.717, 1.165) is 43.1 Å². The molecule has 0 aromatic carbocycles. The number of aromatic nitrogens is 1. The number of nitrogens with two attached hydrogens (primary N) is 1. The molecule has 1 amide bonds. The van der Waals surface area contributed by atoms with Crippen LogP contribution in [-0.2, 0) is 11.3 Å². The summed E-state index contributed by atoms with van der Waals surface area (Å²) >= 11 is 1.53. The van der Waals surface area contributed by atoms with Gasteiger partial charge in [-0.2, -0.15) is 0 Å². The molecule has 20 heavy (non-hydrogen) atoms. The third-order valence-corrected chi connectivity index (χ3v) is 4.72. The zero-order chi connectivity index (χ0) is 14.5. The maximum atomic E-state index is 11.5. The standard InChI is InChI=1S/C14H24N4OS/c1-3-18(10(2)19)14-17-13(9-20-14)8-16-12-6-4-11(15)5-7-12/h9,11-12,16H,3-8,15H2,1-2H3. The SMILES string of the molecule is CCN(C(C)=O)c1nc(CNC2CCC(N)CC2)cs1. The fraction of sp³-hybridized carbons (Fsp3) is 0.714. The van der Waals surface area contributed by atoms with Crippen molar-refractivity contribution in [2.75, 3.05) is 11.4 Å². The fourth-order valence-electron chi connectivity index (χ4n) is 2.57. The number of rotatable bonds is 5. The molecule has 0 atom stereocenters. The first-order valence-electron chi connectivity index (χ1n) is 7.31. The summed E-state index contributed by atoms with van der Waals surface area (Å²) in [6.45, 7) is 4.97. The largest absolute Gasteiger partial charge is 0.328 e. The van der Waals surface area contributed by atoms with Crippen molar-refractivity contribution in [1.82, 2.24) is 10.3 Å². The molecule has 0 bridgehead atoms. The molecule has 1 aromatic rings. The molecule has 1 saturated carbocycles. The molecule has 0 unspecified atom stereocenters. The van der Waals surface area contributed by atoms with Crippen LogP contribution < -0.4 is 16.0 Å². The van der Waals surface area contributed by atoms with Gasteiger partial charge in [0.25, 0.3) is 0 Å². The molecule has 1 aliphatic carbocycles. The Labute approximate surface area is 124 Å². The Morgan fingerprint density at radius 2 is 2.20 bits per heavy atom. The molecule has 0 radical (unpaired) electrons. The van der Waals surface area contributed by atoms with Gasteiger partial charge in [-0.15, -0.1) is 11.3 Å². The number of thiazole rings is 1. The number of amides is 1. The summed E-state index contributed by atoms with van der Waals surface area (Å²) < 4.78 is 0. The van der Waals surface area contributed by atoms with Crippen molar-refractivity contribution in [3.05, 3.63) is 11.1 Å². The highest BCUT2D eigenvalue weighted by atomic mass is 32.1. The van der Waals surface area contributed by atoms with Crippen molar-refractivity contribution in [2.24, 2.45) is 5.73 Å². The van der Waals surface area contributed by atoms with Crippen LogP contribution in [0.25, 0.3) is 0 Å². The Bertz CT molecular complexity index is 440. The van der Waals surface area contributed by atoms with E-state index >= 15 is 0 Å². The smallest absolute Gasteiger partial charge is 0.225 e. The lowest BCUT2D eigenvalue weighted by Crippen LogP contribution is -2.37. The van der Waals surface area contributed by atoms with E-state index in [1.165, 1.54) is 11.3 Å². The zero-order valence-electron chi connectivity index (χ0n) is 12.3. The minimum absolute atomic E-state index is 0.0441. The Balaban J connectivity index is 1.85. The molecule has 112 valence electrons. The van der Waals surface area contributed by atoms with Crippen LogP contribution in [0.5, 0.6) is 0 Å². The summed E-state index contributed by atoms with van der Waals surface area (Å²) in [5.74, 6) is 0.0441. The van der Waals surface area contributed by atoms with Gasteiger partial charge in [0.1, 0.15) is 0 Å². The lowest BCUT2D eigenvalue weighted by molar-refractivity contribution is -0.116. The molecule has 0 aliphatic heterocycles. The van der Waals surface area contributed by atoms with Crippen molar-refractivity contribution in [3.8, 4) is 0 Å². The summed E-state index contributed by atoms with van der Waals surface area (Å²) in [5, 5.41) is 6.37. The number of hydrogen-bond acceptors (Lipinski definition) is 5. The first-order chi connectivity index (χ1) is 9.60. The van der Waals surface area contributed by atoms with Gasteiger partial charge in [-0.05, 0) is 32.6 Å².